The van der Waals surface area contributed by atoms with E-state index in [-0.39, 0.29) is 23.3 Å². The SMILES string of the molecule is C[C@H]1c2c(Cl)cc(Cl)cc2CCN1C(=O)C1CN(C(=O)OC(C)(C)C)CCS1. The molecule has 0 N–H and O–H groups in total. The van der Waals surface area contributed by atoms with Crippen LogP contribution in [0.15, 0.2) is 12.1 Å². The number of rotatable bonds is 1. The van der Waals surface area contributed by atoms with Crippen molar-refractivity contribution in [1.29, 1.82) is 0 Å². The van der Waals surface area contributed by atoms with Gasteiger partial charge in [-0.2, -0.15) is 0 Å². The first-order valence-electron chi connectivity index (χ1n) is 9.44. The quantitative estimate of drug-likeness (QED) is 0.624. The normalized spacial score (nSPS) is 22.6. The maximum Gasteiger partial charge on any atom is 0.410 e. The second kappa shape index (κ2) is 8.33. The van der Waals surface area contributed by atoms with Crippen LogP contribution in [0.3, 0.4) is 0 Å². The van der Waals surface area contributed by atoms with E-state index in [9.17, 15) is 9.59 Å². The van der Waals surface area contributed by atoms with Gasteiger partial charge in [-0.15, -0.1) is 11.8 Å². The Morgan fingerprint density at radius 1 is 1.21 bits per heavy atom. The number of carbonyl (C=O) groups excluding carboxylic acids is 2. The van der Waals surface area contributed by atoms with Crippen molar-refractivity contribution in [1.82, 2.24) is 9.80 Å². The van der Waals surface area contributed by atoms with Gasteiger partial charge in [0.2, 0.25) is 5.91 Å². The Balaban J connectivity index is 1.72. The maximum atomic E-state index is 13.3. The van der Waals surface area contributed by atoms with Gasteiger partial charge in [0.1, 0.15) is 10.9 Å². The molecule has 2 aliphatic rings. The molecule has 0 spiro atoms. The summed E-state index contributed by atoms with van der Waals surface area (Å²) in [6, 6.07) is 3.53. The van der Waals surface area contributed by atoms with Crippen LogP contribution in [0.2, 0.25) is 10.0 Å². The van der Waals surface area contributed by atoms with Gasteiger partial charge in [0.25, 0.3) is 0 Å². The molecule has 0 aliphatic carbocycles. The second-order valence-electron chi connectivity index (χ2n) is 8.20. The molecule has 0 bridgehead atoms. The highest BCUT2D eigenvalue weighted by Gasteiger charge is 2.37. The van der Waals surface area contributed by atoms with Crippen molar-refractivity contribution in [2.75, 3.05) is 25.4 Å². The number of ether oxygens (including phenoxy) is 1. The van der Waals surface area contributed by atoms with Gasteiger partial charge >= 0.3 is 6.09 Å². The highest BCUT2D eigenvalue weighted by Crippen LogP contribution is 2.38. The monoisotopic (exact) mass is 444 g/mol. The first kappa shape index (κ1) is 21.6. The summed E-state index contributed by atoms with van der Waals surface area (Å²) in [5.41, 5.74) is 1.51. The molecule has 2 atom stereocenters. The number of amides is 2. The van der Waals surface area contributed by atoms with E-state index in [4.69, 9.17) is 27.9 Å². The fraction of sp³-hybridized carbons (Fsp3) is 0.600. The summed E-state index contributed by atoms with van der Waals surface area (Å²) in [5, 5.41) is 0.919. The van der Waals surface area contributed by atoms with Crippen LogP contribution >= 0.6 is 35.0 Å². The molecule has 5 nitrogen and oxygen atoms in total. The van der Waals surface area contributed by atoms with Crippen LogP contribution in [0.5, 0.6) is 0 Å². The molecule has 28 heavy (non-hydrogen) atoms. The summed E-state index contributed by atoms with van der Waals surface area (Å²) in [6.07, 6.45) is 0.360. The molecule has 2 heterocycles. The van der Waals surface area contributed by atoms with Crippen molar-refractivity contribution in [3.8, 4) is 0 Å². The van der Waals surface area contributed by atoms with Crippen molar-refractivity contribution in [2.45, 2.75) is 51.0 Å². The minimum Gasteiger partial charge on any atom is -0.444 e. The number of nitrogens with zero attached hydrogens (tertiary/aromatic N) is 2. The molecule has 3 rings (SSSR count). The van der Waals surface area contributed by atoms with Crippen LogP contribution in [0.1, 0.15) is 44.9 Å². The molecule has 0 saturated carbocycles. The van der Waals surface area contributed by atoms with E-state index in [1.165, 1.54) is 0 Å². The molecular weight excluding hydrogens is 419 g/mol. The number of fused-ring (bicyclic) bond motifs is 1. The molecular formula is C20H26Cl2N2O3S. The Kier molecular flexibility index (Phi) is 6.42. The smallest absolute Gasteiger partial charge is 0.410 e. The second-order valence-corrected chi connectivity index (χ2v) is 10.4. The van der Waals surface area contributed by atoms with Gasteiger partial charge in [-0.1, -0.05) is 23.2 Å². The third kappa shape index (κ3) is 4.71. The van der Waals surface area contributed by atoms with Crippen LogP contribution in [0.4, 0.5) is 4.79 Å². The Morgan fingerprint density at radius 2 is 1.93 bits per heavy atom. The van der Waals surface area contributed by atoms with Crippen molar-refractivity contribution in [2.24, 2.45) is 0 Å². The summed E-state index contributed by atoms with van der Waals surface area (Å²) in [6.45, 7) is 9.09. The maximum absolute atomic E-state index is 13.3. The average molecular weight is 445 g/mol. The highest BCUT2D eigenvalue weighted by molar-refractivity contribution is 8.00. The molecule has 1 aromatic carbocycles. The molecule has 1 fully saturated rings. The number of hydrogen-bond donors (Lipinski definition) is 0. The van der Waals surface area contributed by atoms with E-state index in [1.54, 1.807) is 22.7 Å². The van der Waals surface area contributed by atoms with Crippen LogP contribution in [0.25, 0.3) is 0 Å². The molecule has 8 heteroatoms. The summed E-state index contributed by atoms with van der Waals surface area (Å²) < 4.78 is 5.47. The predicted molar refractivity (Wildman–Crippen MR) is 114 cm³/mol. The fourth-order valence-electron chi connectivity index (χ4n) is 3.68. The van der Waals surface area contributed by atoms with E-state index in [2.05, 4.69) is 0 Å². The molecule has 2 amide bonds. The molecule has 2 aliphatic heterocycles. The lowest BCUT2D eigenvalue weighted by Crippen LogP contribution is -2.51. The lowest BCUT2D eigenvalue weighted by atomic mass is 9.93. The van der Waals surface area contributed by atoms with Crippen molar-refractivity contribution in [3.05, 3.63) is 33.3 Å². The first-order valence-corrected chi connectivity index (χ1v) is 11.2. The Bertz CT molecular complexity index is 781. The van der Waals surface area contributed by atoms with Crippen molar-refractivity contribution in [3.63, 3.8) is 0 Å². The largest absolute Gasteiger partial charge is 0.444 e. The Morgan fingerprint density at radius 3 is 2.61 bits per heavy atom. The molecule has 1 aromatic rings. The van der Waals surface area contributed by atoms with E-state index in [0.29, 0.717) is 35.4 Å². The van der Waals surface area contributed by atoms with E-state index >= 15 is 0 Å². The topological polar surface area (TPSA) is 49.9 Å². The fourth-order valence-corrected chi connectivity index (χ4v) is 5.55. The van der Waals surface area contributed by atoms with Crippen molar-refractivity contribution >= 4 is 47.0 Å². The minimum atomic E-state index is -0.551. The first-order chi connectivity index (χ1) is 13.1. The van der Waals surface area contributed by atoms with Crippen LogP contribution in [-0.4, -0.2) is 58.0 Å². The van der Waals surface area contributed by atoms with Crippen molar-refractivity contribution < 1.29 is 14.3 Å². The van der Waals surface area contributed by atoms with Crippen LogP contribution in [-0.2, 0) is 16.0 Å². The van der Waals surface area contributed by atoms with E-state index in [1.807, 2.05) is 38.7 Å². The highest BCUT2D eigenvalue weighted by atomic mass is 35.5. The average Bonchev–Trinajstić information content (AvgIpc) is 2.59. The summed E-state index contributed by atoms with van der Waals surface area (Å²) >= 11 is 14.2. The van der Waals surface area contributed by atoms with Gasteiger partial charge in [0, 0.05) is 35.4 Å². The van der Waals surface area contributed by atoms with Gasteiger partial charge in [0.05, 0.1) is 6.04 Å². The lowest BCUT2D eigenvalue weighted by Gasteiger charge is -2.40. The predicted octanol–water partition coefficient (Wildman–Crippen LogP) is 4.79. The third-order valence-electron chi connectivity index (χ3n) is 4.96. The summed E-state index contributed by atoms with van der Waals surface area (Å²) in [7, 11) is 0. The van der Waals surface area contributed by atoms with Gasteiger partial charge in [-0.3, -0.25) is 4.79 Å². The van der Waals surface area contributed by atoms with Gasteiger partial charge in [-0.05, 0) is 57.4 Å². The zero-order valence-corrected chi connectivity index (χ0v) is 19.0. The van der Waals surface area contributed by atoms with Crippen LogP contribution in [0, 0.1) is 0 Å². The minimum absolute atomic E-state index is 0.0439. The summed E-state index contributed by atoms with van der Waals surface area (Å²) in [5.74, 6) is 0.757. The number of halogens is 2. The molecule has 0 radical (unpaired) electrons. The zero-order chi connectivity index (χ0) is 20.6. The number of hydrogen-bond acceptors (Lipinski definition) is 4. The van der Waals surface area contributed by atoms with E-state index < -0.39 is 5.60 Å². The standard InChI is InChI=1S/C20H26Cl2N2O3S/c1-12-17-13(9-14(21)10-15(17)22)5-6-24(12)18(25)16-11-23(7-8-28-16)19(26)27-20(2,3)4/h9-10,12,16H,5-8,11H2,1-4H3/t12-,16?/m0/s1. The molecule has 1 saturated heterocycles. The summed E-state index contributed by atoms with van der Waals surface area (Å²) in [4.78, 5) is 29.2. The zero-order valence-electron chi connectivity index (χ0n) is 16.6. The molecule has 154 valence electrons. The van der Waals surface area contributed by atoms with Gasteiger partial charge in [-0.25, -0.2) is 4.79 Å². The lowest BCUT2D eigenvalue weighted by molar-refractivity contribution is -0.133. The Hall–Kier alpha value is -1.11. The molecule has 1 unspecified atom stereocenters. The number of thioether (sulfide) groups is 1. The molecule has 0 aromatic heterocycles. The third-order valence-corrected chi connectivity index (χ3v) is 6.67. The number of carbonyl (C=O) groups is 2. The number of benzene rings is 1. The van der Waals surface area contributed by atoms with Crippen LogP contribution < -0.4 is 0 Å². The Labute approximate surface area is 180 Å². The van der Waals surface area contributed by atoms with Gasteiger partial charge < -0.3 is 14.5 Å². The van der Waals surface area contributed by atoms with E-state index in [0.717, 1.165) is 17.5 Å². The van der Waals surface area contributed by atoms with Gasteiger partial charge in [0.15, 0.2) is 0 Å².